The molecule has 2 nitrogen and oxygen atoms in total. The second-order valence-electron chi connectivity index (χ2n) is 3.12. The lowest BCUT2D eigenvalue weighted by Crippen LogP contribution is -2.42. The van der Waals surface area contributed by atoms with Gasteiger partial charge in [-0.3, -0.25) is 0 Å². The van der Waals surface area contributed by atoms with E-state index in [9.17, 15) is 26.0 Å². The van der Waals surface area contributed by atoms with Crippen molar-refractivity contribution >= 4 is 58.0 Å². The first-order valence-corrected chi connectivity index (χ1v) is 9.13. The standard InChI is InChI=1S/C8H3BrCl2F4O2S2/c9-19(16,17)8(14,15)7(12,13)18-6-4(10)2-1-3-5(6)11/h1-3H. The van der Waals surface area contributed by atoms with Gasteiger partial charge in [-0.2, -0.15) is 17.6 Å². The van der Waals surface area contributed by atoms with Crippen molar-refractivity contribution < 1.29 is 26.0 Å². The lowest BCUT2D eigenvalue weighted by Gasteiger charge is -2.23. The summed E-state index contributed by atoms with van der Waals surface area (Å²) < 4.78 is 74.5. The molecule has 1 aromatic rings. The lowest BCUT2D eigenvalue weighted by molar-refractivity contribution is -0.0883. The number of hydrogen-bond acceptors (Lipinski definition) is 3. The summed E-state index contributed by atoms with van der Waals surface area (Å²) in [7, 11) is -5.48. The molecule has 0 atom stereocenters. The van der Waals surface area contributed by atoms with Crippen LogP contribution in [0.1, 0.15) is 0 Å². The number of rotatable bonds is 4. The topological polar surface area (TPSA) is 34.1 Å². The molecule has 0 saturated heterocycles. The Hall–Kier alpha value is 0.300. The van der Waals surface area contributed by atoms with E-state index in [1.54, 1.807) is 14.8 Å². The van der Waals surface area contributed by atoms with E-state index in [2.05, 4.69) is 0 Å². The first-order valence-electron chi connectivity index (χ1n) is 4.23. The second-order valence-corrected chi connectivity index (χ2v) is 9.01. The van der Waals surface area contributed by atoms with Gasteiger partial charge in [0.2, 0.25) is 0 Å². The van der Waals surface area contributed by atoms with Crippen LogP contribution in [-0.4, -0.2) is 18.9 Å². The van der Waals surface area contributed by atoms with Crippen molar-refractivity contribution in [1.82, 2.24) is 0 Å². The Bertz CT molecular complexity index is 574. The molecule has 0 radical (unpaired) electrons. The molecule has 0 bridgehead atoms. The highest BCUT2D eigenvalue weighted by Crippen LogP contribution is 2.53. The molecule has 0 heterocycles. The van der Waals surface area contributed by atoms with Gasteiger partial charge in [-0.05, 0) is 23.9 Å². The Labute approximate surface area is 127 Å². The zero-order chi connectivity index (χ0) is 15.1. The number of halogens is 7. The van der Waals surface area contributed by atoms with Gasteiger partial charge in [0.15, 0.2) is 0 Å². The summed E-state index contributed by atoms with van der Waals surface area (Å²) in [5.74, 6) is 0. The fourth-order valence-electron chi connectivity index (χ4n) is 0.910. The largest absolute Gasteiger partial charge is 0.427 e. The third kappa shape index (κ3) is 3.49. The van der Waals surface area contributed by atoms with Crippen LogP contribution >= 0.6 is 49.8 Å². The van der Waals surface area contributed by atoms with E-state index in [-0.39, 0.29) is 10.0 Å². The van der Waals surface area contributed by atoms with Crippen LogP contribution in [0.2, 0.25) is 10.0 Å². The maximum Gasteiger partial charge on any atom is 0.427 e. The Morgan fingerprint density at radius 3 is 1.89 bits per heavy atom. The van der Waals surface area contributed by atoms with Gasteiger partial charge < -0.3 is 0 Å². The van der Waals surface area contributed by atoms with Gasteiger partial charge in [0, 0.05) is 0 Å². The summed E-state index contributed by atoms with van der Waals surface area (Å²) in [5.41, 5.74) is 0. The molecule has 1 rings (SSSR count). The van der Waals surface area contributed by atoms with Crippen molar-refractivity contribution in [2.75, 3.05) is 0 Å². The van der Waals surface area contributed by atoms with Crippen molar-refractivity contribution in [3.05, 3.63) is 28.2 Å². The minimum Gasteiger partial charge on any atom is -0.210 e. The number of hydrogen-bond donors (Lipinski definition) is 0. The fourth-order valence-corrected chi connectivity index (χ4v) is 3.91. The van der Waals surface area contributed by atoms with Crippen molar-refractivity contribution in [2.45, 2.75) is 15.4 Å². The minimum absolute atomic E-state index is 0.292. The molecule has 19 heavy (non-hydrogen) atoms. The first kappa shape index (κ1) is 17.4. The molecule has 11 heteroatoms. The molecule has 0 saturated carbocycles. The molecule has 0 amide bonds. The number of thioether (sulfide) groups is 1. The van der Waals surface area contributed by atoms with Crippen LogP contribution in [0.15, 0.2) is 23.1 Å². The quantitative estimate of drug-likeness (QED) is 0.390. The average Bonchev–Trinajstić information content (AvgIpc) is 2.22. The summed E-state index contributed by atoms with van der Waals surface area (Å²) in [6, 6.07) is 3.64. The van der Waals surface area contributed by atoms with Crippen LogP contribution < -0.4 is 0 Å². The van der Waals surface area contributed by atoms with Gasteiger partial charge in [-0.1, -0.05) is 29.3 Å². The molecule has 0 fully saturated rings. The Morgan fingerprint density at radius 2 is 1.53 bits per heavy atom. The van der Waals surface area contributed by atoms with Crippen molar-refractivity contribution in [3.63, 3.8) is 0 Å². The first-order chi connectivity index (χ1) is 8.40. The summed E-state index contributed by atoms with van der Waals surface area (Å²) in [5, 5.41) is -10.9. The van der Waals surface area contributed by atoms with Crippen molar-refractivity contribution in [2.24, 2.45) is 0 Å². The van der Waals surface area contributed by atoms with Gasteiger partial charge in [-0.25, -0.2) is 8.42 Å². The molecule has 0 spiro atoms. The highest BCUT2D eigenvalue weighted by atomic mass is 79.9. The Morgan fingerprint density at radius 1 is 1.11 bits per heavy atom. The number of alkyl halides is 4. The van der Waals surface area contributed by atoms with Crippen molar-refractivity contribution in [3.8, 4) is 0 Å². The van der Waals surface area contributed by atoms with E-state index in [4.69, 9.17) is 23.2 Å². The van der Waals surface area contributed by atoms with E-state index in [1.807, 2.05) is 0 Å². The van der Waals surface area contributed by atoms with Crippen molar-refractivity contribution in [1.29, 1.82) is 0 Å². The van der Waals surface area contributed by atoms with E-state index in [0.29, 0.717) is 0 Å². The zero-order valence-electron chi connectivity index (χ0n) is 8.51. The van der Waals surface area contributed by atoms with E-state index < -0.39 is 35.4 Å². The molecule has 0 aromatic heterocycles. The molecular weight excluding hydrogens is 419 g/mol. The SMILES string of the molecule is O=S(=O)(Br)C(F)(F)C(F)(F)Sc1c(Cl)cccc1Cl. The summed E-state index contributed by atoms with van der Waals surface area (Å²) in [4.78, 5) is -0.536. The summed E-state index contributed by atoms with van der Waals surface area (Å²) in [6.07, 6.45) is 0. The third-order valence-corrected chi connectivity index (χ3v) is 6.02. The van der Waals surface area contributed by atoms with E-state index in [1.165, 1.54) is 6.07 Å². The van der Waals surface area contributed by atoms with Crippen LogP contribution in [0.3, 0.4) is 0 Å². The maximum atomic E-state index is 13.4. The highest BCUT2D eigenvalue weighted by molar-refractivity contribution is 9.47. The minimum atomic E-state index is -5.48. The molecule has 0 unspecified atom stereocenters. The number of benzene rings is 1. The maximum absolute atomic E-state index is 13.4. The molecular formula is C8H3BrCl2F4O2S2. The normalized spacial score (nSPS) is 13.6. The second kappa shape index (κ2) is 5.59. The van der Waals surface area contributed by atoms with Gasteiger partial charge in [-0.15, -0.1) is 0 Å². The average molecular weight is 422 g/mol. The van der Waals surface area contributed by atoms with Crippen LogP contribution in [0, 0.1) is 0 Å². The van der Waals surface area contributed by atoms with Crippen LogP contribution in [-0.2, 0) is 8.27 Å². The smallest absolute Gasteiger partial charge is 0.210 e. The highest BCUT2D eigenvalue weighted by Gasteiger charge is 2.66. The zero-order valence-corrected chi connectivity index (χ0v) is 13.2. The van der Waals surface area contributed by atoms with Crippen LogP contribution in [0.4, 0.5) is 17.6 Å². The molecule has 0 aliphatic rings. The molecule has 0 aliphatic carbocycles. The predicted octanol–water partition coefficient (Wildman–Crippen LogP) is 5.00. The Kier molecular flexibility index (Phi) is 5.11. The van der Waals surface area contributed by atoms with Crippen LogP contribution in [0.25, 0.3) is 0 Å². The molecule has 1 aromatic carbocycles. The summed E-state index contributed by atoms with van der Waals surface area (Å²) in [6.45, 7) is 0. The molecule has 0 N–H and O–H groups in total. The molecule has 0 aliphatic heterocycles. The van der Waals surface area contributed by atoms with Gasteiger partial charge in [0.25, 0.3) is 8.27 Å². The van der Waals surface area contributed by atoms with Gasteiger partial charge in [0.05, 0.1) is 29.8 Å². The van der Waals surface area contributed by atoms with E-state index >= 15 is 0 Å². The monoisotopic (exact) mass is 420 g/mol. The lowest BCUT2D eigenvalue weighted by atomic mass is 10.4. The van der Waals surface area contributed by atoms with E-state index in [0.717, 1.165) is 12.1 Å². The van der Waals surface area contributed by atoms with Crippen LogP contribution in [0.5, 0.6) is 0 Å². The predicted molar refractivity (Wildman–Crippen MR) is 70.1 cm³/mol. The molecule has 108 valence electrons. The summed E-state index contributed by atoms with van der Waals surface area (Å²) >= 11 is 11.9. The van der Waals surface area contributed by atoms with Gasteiger partial charge >= 0.3 is 10.5 Å². The third-order valence-electron chi connectivity index (χ3n) is 1.79. The Balaban J connectivity index is 3.24. The van der Waals surface area contributed by atoms with Gasteiger partial charge in [0.1, 0.15) is 0 Å². The fraction of sp³-hybridized carbons (Fsp3) is 0.250.